The number of ether oxygens (including phenoxy) is 2. The SMILES string of the molecule is CCc1cc(=O)oc2cc(O[C@@H](C)c3ccc(C(=O)OC)o3)ccc12. The van der Waals surface area contributed by atoms with Crippen molar-refractivity contribution in [2.75, 3.05) is 7.11 Å². The molecule has 6 heteroatoms. The average molecular weight is 342 g/mol. The molecule has 25 heavy (non-hydrogen) atoms. The number of methoxy groups -OCH3 is 1. The highest BCUT2D eigenvalue weighted by Gasteiger charge is 2.17. The van der Waals surface area contributed by atoms with Gasteiger partial charge in [0.2, 0.25) is 5.76 Å². The third-order valence-corrected chi connectivity index (χ3v) is 3.91. The minimum Gasteiger partial charge on any atom is -0.483 e. The molecule has 0 bridgehead atoms. The van der Waals surface area contributed by atoms with Gasteiger partial charge in [0.25, 0.3) is 0 Å². The molecule has 6 nitrogen and oxygen atoms in total. The largest absolute Gasteiger partial charge is 0.483 e. The minimum atomic E-state index is -0.543. The molecule has 2 aromatic heterocycles. The number of esters is 1. The van der Waals surface area contributed by atoms with E-state index in [4.69, 9.17) is 13.6 Å². The fraction of sp³-hybridized carbons (Fsp3) is 0.263. The van der Waals surface area contributed by atoms with Crippen molar-refractivity contribution in [1.29, 1.82) is 0 Å². The second kappa shape index (κ2) is 6.84. The van der Waals surface area contributed by atoms with Crippen LogP contribution >= 0.6 is 0 Å². The van der Waals surface area contributed by atoms with Crippen molar-refractivity contribution >= 4 is 16.9 Å². The van der Waals surface area contributed by atoms with Gasteiger partial charge in [-0.1, -0.05) is 6.92 Å². The van der Waals surface area contributed by atoms with E-state index in [0.29, 0.717) is 17.1 Å². The summed E-state index contributed by atoms with van der Waals surface area (Å²) in [6.45, 7) is 3.78. The average Bonchev–Trinajstić information content (AvgIpc) is 3.10. The van der Waals surface area contributed by atoms with Crippen LogP contribution in [-0.2, 0) is 11.2 Å². The molecule has 0 saturated carbocycles. The molecule has 0 aliphatic heterocycles. The molecule has 0 unspecified atom stereocenters. The van der Waals surface area contributed by atoms with Gasteiger partial charge in [-0.25, -0.2) is 9.59 Å². The van der Waals surface area contributed by atoms with Gasteiger partial charge in [-0.3, -0.25) is 0 Å². The Kier molecular flexibility index (Phi) is 4.61. The fourth-order valence-corrected chi connectivity index (χ4v) is 2.62. The van der Waals surface area contributed by atoms with Crippen LogP contribution in [0, 0.1) is 0 Å². The van der Waals surface area contributed by atoms with E-state index in [1.807, 2.05) is 19.1 Å². The van der Waals surface area contributed by atoms with Crippen molar-refractivity contribution in [1.82, 2.24) is 0 Å². The van der Waals surface area contributed by atoms with Gasteiger partial charge >= 0.3 is 11.6 Å². The third kappa shape index (κ3) is 3.42. The van der Waals surface area contributed by atoms with Gasteiger partial charge in [-0.15, -0.1) is 0 Å². The van der Waals surface area contributed by atoms with Gasteiger partial charge in [-0.2, -0.15) is 0 Å². The van der Waals surface area contributed by atoms with Crippen molar-refractivity contribution in [3.05, 3.63) is 63.9 Å². The molecule has 0 aliphatic rings. The Hall–Kier alpha value is -3.02. The molecule has 0 spiro atoms. The molecule has 0 radical (unpaired) electrons. The van der Waals surface area contributed by atoms with Gasteiger partial charge in [-0.05, 0) is 43.2 Å². The quantitative estimate of drug-likeness (QED) is 0.517. The lowest BCUT2D eigenvalue weighted by Crippen LogP contribution is -2.04. The second-order valence-electron chi connectivity index (χ2n) is 5.56. The molecular weight excluding hydrogens is 324 g/mol. The zero-order valence-electron chi connectivity index (χ0n) is 14.2. The maximum Gasteiger partial charge on any atom is 0.373 e. The lowest BCUT2D eigenvalue weighted by atomic mass is 10.1. The molecule has 2 heterocycles. The van der Waals surface area contributed by atoms with Gasteiger partial charge in [0, 0.05) is 17.5 Å². The summed E-state index contributed by atoms with van der Waals surface area (Å²) in [5.41, 5.74) is 1.02. The summed E-state index contributed by atoms with van der Waals surface area (Å²) < 4.78 is 21.2. The summed E-state index contributed by atoms with van der Waals surface area (Å²) in [6.07, 6.45) is 0.304. The number of fused-ring (bicyclic) bond motifs is 1. The van der Waals surface area contributed by atoms with E-state index >= 15 is 0 Å². The number of rotatable bonds is 5. The van der Waals surface area contributed by atoms with Gasteiger partial charge in [0.15, 0.2) is 6.10 Å². The maximum atomic E-state index is 11.6. The number of carbonyl (C=O) groups is 1. The molecule has 130 valence electrons. The normalized spacial score (nSPS) is 12.1. The Morgan fingerprint density at radius 1 is 1.16 bits per heavy atom. The molecule has 0 N–H and O–H groups in total. The first-order chi connectivity index (χ1) is 12.0. The van der Waals surface area contributed by atoms with Crippen LogP contribution < -0.4 is 10.4 Å². The van der Waals surface area contributed by atoms with Crippen LogP contribution in [0.1, 0.15) is 41.8 Å². The standard InChI is InChI=1S/C19H18O6/c1-4-12-9-18(20)25-17-10-13(5-6-14(12)17)23-11(2)15-7-8-16(24-15)19(21)22-3/h5-11H,4H2,1-3H3/t11-/m0/s1. The predicted octanol–water partition coefficient (Wildman–Crippen LogP) is 3.88. The van der Waals surface area contributed by atoms with Crippen LogP contribution in [-0.4, -0.2) is 13.1 Å². The molecule has 3 rings (SSSR count). The Balaban J connectivity index is 1.86. The summed E-state index contributed by atoms with van der Waals surface area (Å²) in [7, 11) is 1.29. The zero-order chi connectivity index (χ0) is 18.0. The summed E-state index contributed by atoms with van der Waals surface area (Å²) in [5.74, 6) is 0.597. The lowest BCUT2D eigenvalue weighted by Gasteiger charge is -2.13. The van der Waals surface area contributed by atoms with Crippen molar-refractivity contribution in [3.8, 4) is 5.75 Å². The van der Waals surface area contributed by atoms with E-state index < -0.39 is 12.1 Å². The number of benzene rings is 1. The van der Waals surface area contributed by atoms with E-state index in [-0.39, 0.29) is 11.4 Å². The van der Waals surface area contributed by atoms with Crippen LogP contribution in [0.25, 0.3) is 11.0 Å². The van der Waals surface area contributed by atoms with Crippen LogP contribution in [0.5, 0.6) is 5.75 Å². The van der Waals surface area contributed by atoms with Gasteiger partial charge < -0.3 is 18.3 Å². The van der Waals surface area contributed by atoms with Crippen molar-refractivity contribution < 1.29 is 23.1 Å². The zero-order valence-corrected chi connectivity index (χ0v) is 14.2. The van der Waals surface area contributed by atoms with Crippen molar-refractivity contribution in [2.45, 2.75) is 26.4 Å². The molecule has 0 fully saturated rings. The minimum absolute atomic E-state index is 0.116. The highest BCUT2D eigenvalue weighted by molar-refractivity contribution is 5.86. The van der Waals surface area contributed by atoms with Gasteiger partial charge in [0.1, 0.15) is 17.1 Å². The van der Waals surface area contributed by atoms with Crippen LogP contribution in [0.4, 0.5) is 0 Å². The Bertz CT molecular complexity index is 965. The summed E-state index contributed by atoms with van der Waals surface area (Å²) in [5, 5.41) is 0.882. The maximum absolute atomic E-state index is 11.6. The molecular formula is C19H18O6. The van der Waals surface area contributed by atoms with Crippen LogP contribution in [0.2, 0.25) is 0 Å². The summed E-state index contributed by atoms with van der Waals surface area (Å²) in [6, 6.07) is 10.0. The number of carbonyl (C=O) groups excluding carboxylic acids is 1. The van der Waals surface area contributed by atoms with Crippen LogP contribution in [0.15, 0.2) is 50.0 Å². The third-order valence-electron chi connectivity index (χ3n) is 3.91. The molecule has 1 aromatic carbocycles. The number of hydrogen-bond acceptors (Lipinski definition) is 6. The Morgan fingerprint density at radius 2 is 1.96 bits per heavy atom. The fourth-order valence-electron chi connectivity index (χ4n) is 2.62. The molecule has 0 amide bonds. The van der Waals surface area contributed by atoms with Crippen molar-refractivity contribution in [2.24, 2.45) is 0 Å². The first-order valence-corrected chi connectivity index (χ1v) is 7.93. The first-order valence-electron chi connectivity index (χ1n) is 7.93. The van der Waals surface area contributed by atoms with Crippen LogP contribution in [0.3, 0.4) is 0 Å². The van der Waals surface area contributed by atoms with Crippen molar-refractivity contribution in [3.63, 3.8) is 0 Å². The highest BCUT2D eigenvalue weighted by atomic mass is 16.5. The molecule has 0 aliphatic carbocycles. The molecule has 1 atom stereocenters. The molecule has 3 aromatic rings. The Labute approximate surface area is 144 Å². The summed E-state index contributed by atoms with van der Waals surface area (Å²) >= 11 is 0. The topological polar surface area (TPSA) is 78.9 Å². The van der Waals surface area contributed by atoms with E-state index in [9.17, 15) is 9.59 Å². The smallest absolute Gasteiger partial charge is 0.373 e. The van der Waals surface area contributed by atoms with E-state index in [0.717, 1.165) is 17.4 Å². The highest BCUT2D eigenvalue weighted by Crippen LogP contribution is 2.27. The monoisotopic (exact) mass is 342 g/mol. The van der Waals surface area contributed by atoms with E-state index in [2.05, 4.69) is 4.74 Å². The predicted molar refractivity (Wildman–Crippen MR) is 91.0 cm³/mol. The Morgan fingerprint density at radius 3 is 2.68 bits per heavy atom. The first kappa shape index (κ1) is 16.8. The van der Waals surface area contributed by atoms with Gasteiger partial charge in [0.05, 0.1) is 7.11 Å². The lowest BCUT2D eigenvalue weighted by molar-refractivity contribution is 0.0558. The van der Waals surface area contributed by atoms with E-state index in [1.165, 1.54) is 19.2 Å². The van der Waals surface area contributed by atoms with E-state index in [1.54, 1.807) is 19.1 Å². The number of hydrogen-bond donors (Lipinski definition) is 0. The second-order valence-corrected chi connectivity index (χ2v) is 5.56. The number of aryl methyl sites for hydroxylation is 1. The number of furan rings is 1. The molecule has 0 saturated heterocycles. The summed E-state index contributed by atoms with van der Waals surface area (Å²) in [4.78, 5) is 23.1.